The number of aliphatic hydroxyl groups excluding tert-OH is 2. The van der Waals surface area contributed by atoms with E-state index >= 15 is 0 Å². The quantitative estimate of drug-likeness (QED) is 0.0420. The number of amides is 1. The van der Waals surface area contributed by atoms with Crippen molar-refractivity contribution < 1.29 is 15.0 Å². The van der Waals surface area contributed by atoms with Gasteiger partial charge in [0.25, 0.3) is 0 Å². The minimum atomic E-state index is -0.896. The third-order valence-corrected chi connectivity index (χ3v) is 13.6. The SMILES string of the molecule is CC/C=C\C/C=C\C/C=C\C/C=C\C/C=C\C/C=C\C/C=C\C/C=C\C/C=C\C/C=C\C/C=C\C/C=C\CCCCCCC(=O)NC(CO)C(O)/C=C/CC/C=C/CC/C=C/CCCCCCCCCCCCCCCCCC. The van der Waals surface area contributed by atoms with Crippen LogP contribution in [-0.4, -0.2) is 34.9 Å². The molecule has 2 unspecified atom stereocenters. The molecule has 4 heteroatoms. The first-order chi connectivity index (χ1) is 39.2. The molecule has 0 aromatic carbocycles. The molecule has 3 N–H and O–H groups in total. The van der Waals surface area contributed by atoms with Gasteiger partial charge in [0, 0.05) is 6.42 Å². The molecule has 0 aliphatic heterocycles. The number of aliphatic hydroxyl groups is 2. The summed E-state index contributed by atoms with van der Waals surface area (Å²) in [4.78, 5) is 12.5. The van der Waals surface area contributed by atoms with Crippen molar-refractivity contribution in [3.8, 4) is 0 Å². The Kier molecular flexibility index (Phi) is 63.9. The van der Waals surface area contributed by atoms with Crippen LogP contribution < -0.4 is 5.32 Å². The zero-order chi connectivity index (χ0) is 56.9. The van der Waals surface area contributed by atoms with Crippen molar-refractivity contribution in [1.29, 1.82) is 0 Å². The molecule has 0 rings (SSSR count). The Morgan fingerprint density at radius 1 is 0.316 bits per heavy atom. The second kappa shape index (κ2) is 67.8. The van der Waals surface area contributed by atoms with E-state index in [4.69, 9.17) is 0 Å². The third-order valence-electron chi connectivity index (χ3n) is 13.6. The van der Waals surface area contributed by atoms with Crippen molar-refractivity contribution >= 4 is 5.91 Å². The van der Waals surface area contributed by atoms with Crippen LogP contribution in [0.5, 0.6) is 0 Å². The lowest BCUT2D eigenvalue weighted by molar-refractivity contribution is -0.123. The average molecular weight is 1080 g/mol. The van der Waals surface area contributed by atoms with Gasteiger partial charge in [-0.1, -0.05) is 305 Å². The second-order valence-corrected chi connectivity index (χ2v) is 21.1. The first-order valence-electron chi connectivity index (χ1n) is 32.5. The van der Waals surface area contributed by atoms with Crippen LogP contribution in [0.2, 0.25) is 0 Å². The summed E-state index contributed by atoms with van der Waals surface area (Å²) < 4.78 is 0. The number of allylic oxidation sites excluding steroid dienone is 29. The van der Waals surface area contributed by atoms with Crippen LogP contribution in [-0.2, 0) is 4.79 Å². The summed E-state index contributed by atoms with van der Waals surface area (Å²) in [6.07, 6.45) is 111. The highest BCUT2D eigenvalue weighted by molar-refractivity contribution is 5.76. The van der Waals surface area contributed by atoms with Gasteiger partial charge in [-0.3, -0.25) is 4.79 Å². The maximum atomic E-state index is 12.5. The fourth-order valence-corrected chi connectivity index (χ4v) is 8.72. The minimum absolute atomic E-state index is 0.109. The molecule has 4 nitrogen and oxygen atoms in total. The predicted molar refractivity (Wildman–Crippen MR) is 354 cm³/mol. The molecule has 2 atom stereocenters. The molecule has 0 bridgehead atoms. The van der Waals surface area contributed by atoms with E-state index in [9.17, 15) is 15.0 Å². The van der Waals surface area contributed by atoms with E-state index in [1.165, 1.54) is 109 Å². The number of carbonyl (C=O) groups excluding carboxylic acids is 1. The highest BCUT2D eigenvalue weighted by Gasteiger charge is 2.18. The molecule has 0 aromatic rings. The lowest BCUT2D eigenvalue weighted by Gasteiger charge is -2.19. The molecule has 0 aromatic heterocycles. The fraction of sp³-hybridized carbons (Fsp3) is 0.587. The summed E-state index contributed by atoms with van der Waals surface area (Å²) in [7, 11) is 0. The van der Waals surface area contributed by atoms with Crippen LogP contribution in [0.25, 0.3) is 0 Å². The monoisotopic (exact) mass is 1080 g/mol. The van der Waals surface area contributed by atoms with Crippen molar-refractivity contribution in [3.63, 3.8) is 0 Å². The molecule has 0 saturated heterocycles. The van der Waals surface area contributed by atoms with E-state index in [0.29, 0.717) is 6.42 Å². The van der Waals surface area contributed by atoms with Gasteiger partial charge in [-0.25, -0.2) is 0 Å². The van der Waals surface area contributed by atoms with Gasteiger partial charge in [0.2, 0.25) is 5.91 Å². The normalized spacial score (nSPS) is 14.0. The van der Waals surface area contributed by atoms with Crippen molar-refractivity contribution in [2.45, 2.75) is 276 Å². The van der Waals surface area contributed by atoms with Crippen LogP contribution in [0.15, 0.2) is 182 Å². The summed E-state index contributed by atoms with van der Waals surface area (Å²) >= 11 is 0. The maximum Gasteiger partial charge on any atom is 0.220 e. The molecule has 0 spiro atoms. The van der Waals surface area contributed by atoms with Gasteiger partial charge < -0.3 is 15.5 Å². The first-order valence-corrected chi connectivity index (χ1v) is 32.5. The van der Waals surface area contributed by atoms with Crippen LogP contribution in [0.1, 0.15) is 264 Å². The second-order valence-electron chi connectivity index (χ2n) is 21.1. The number of rotatable bonds is 57. The molecular formula is C75H121NO3. The molecule has 1 amide bonds. The first kappa shape index (κ1) is 74.5. The standard InChI is InChI=1S/C75H121NO3/c1-3-5-7-9-11-13-15-17-19-21-23-25-27-29-31-32-33-34-35-36-37-38-39-40-41-42-43-44-45-47-49-51-53-55-57-59-61-63-65-67-69-71-75(79)76-73(72-77)74(78)70-68-66-64-62-60-58-56-54-52-50-48-46-30-28-26-24-22-20-18-16-14-12-10-8-6-4-2/h5,7,11,13,17,19,23,25,29,31,33-34,36-37,39-40,42-43,45,47,51-54,57,59-60,62,68,70,73-74,77-78H,3-4,6,8-10,12,14-16,18,20-22,24,26-28,30,32,35,38,41,44,46,48-50,55-56,58,61,63-67,69,71-72H2,1-2H3,(H,76,79)/b7-5-,13-11-,19-17-,25-23-,31-29-,34-33-,37-36-,40-39-,43-42-,47-45-,53-51-,54-52+,59-57-,62-60+,70-68+. The molecule has 0 radical (unpaired) electrons. The Bertz CT molecular complexity index is 1750. The van der Waals surface area contributed by atoms with E-state index in [-0.39, 0.29) is 12.5 Å². The molecular weight excluding hydrogens is 963 g/mol. The molecule has 0 saturated carbocycles. The Morgan fingerprint density at radius 2 is 0.570 bits per heavy atom. The van der Waals surface area contributed by atoms with Crippen molar-refractivity contribution in [2.75, 3.05) is 6.61 Å². The fourth-order valence-electron chi connectivity index (χ4n) is 8.72. The van der Waals surface area contributed by atoms with E-state index < -0.39 is 12.1 Å². The number of carbonyl (C=O) groups is 1. The summed E-state index contributed by atoms with van der Waals surface area (Å²) in [6, 6.07) is -0.675. The van der Waals surface area contributed by atoms with Gasteiger partial charge >= 0.3 is 0 Å². The predicted octanol–water partition coefficient (Wildman–Crippen LogP) is 22.4. The zero-order valence-electron chi connectivity index (χ0n) is 51.1. The Hall–Kier alpha value is -4.51. The van der Waals surface area contributed by atoms with E-state index in [2.05, 4.69) is 189 Å². The zero-order valence-corrected chi connectivity index (χ0v) is 51.1. The van der Waals surface area contributed by atoms with Crippen LogP contribution >= 0.6 is 0 Å². The minimum Gasteiger partial charge on any atom is -0.394 e. The van der Waals surface area contributed by atoms with Gasteiger partial charge in [-0.15, -0.1) is 0 Å². The van der Waals surface area contributed by atoms with Crippen LogP contribution in [0.3, 0.4) is 0 Å². The summed E-state index contributed by atoms with van der Waals surface area (Å²) in [5, 5.41) is 23.2. The molecule has 0 aliphatic rings. The number of hydrogen-bond acceptors (Lipinski definition) is 3. The maximum absolute atomic E-state index is 12.5. The number of unbranched alkanes of at least 4 members (excludes halogenated alkanes) is 22. The topological polar surface area (TPSA) is 69.6 Å². The van der Waals surface area contributed by atoms with Gasteiger partial charge in [0.05, 0.1) is 18.8 Å². The molecule has 0 aliphatic carbocycles. The lowest BCUT2D eigenvalue weighted by atomic mass is 10.0. The lowest BCUT2D eigenvalue weighted by Crippen LogP contribution is -2.45. The van der Waals surface area contributed by atoms with E-state index in [1.807, 2.05) is 6.08 Å². The number of hydrogen-bond donors (Lipinski definition) is 3. The summed E-state index contributed by atoms with van der Waals surface area (Å²) in [6.45, 7) is 4.17. The van der Waals surface area contributed by atoms with Gasteiger partial charge in [0.1, 0.15) is 0 Å². The van der Waals surface area contributed by atoms with Crippen molar-refractivity contribution in [1.82, 2.24) is 5.32 Å². The average Bonchev–Trinajstić information content (AvgIpc) is 3.45. The number of nitrogens with one attached hydrogen (secondary N) is 1. The van der Waals surface area contributed by atoms with Crippen LogP contribution in [0, 0.1) is 0 Å². The third kappa shape index (κ3) is 64.2. The molecule has 0 heterocycles. The largest absolute Gasteiger partial charge is 0.394 e. The smallest absolute Gasteiger partial charge is 0.220 e. The Labute approximate surface area is 489 Å². The summed E-state index contributed by atoms with van der Waals surface area (Å²) in [5.74, 6) is -0.109. The van der Waals surface area contributed by atoms with Gasteiger partial charge in [-0.05, 0) is 135 Å². The van der Waals surface area contributed by atoms with Crippen LogP contribution in [0.4, 0.5) is 0 Å². The highest BCUT2D eigenvalue weighted by atomic mass is 16.3. The molecule has 79 heavy (non-hydrogen) atoms. The Balaban J connectivity index is 3.72. The molecule has 444 valence electrons. The summed E-state index contributed by atoms with van der Waals surface area (Å²) in [5.41, 5.74) is 0. The van der Waals surface area contributed by atoms with E-state index in [0.717, 1.165) is 135 Å². The van der Waals surface area contributed by atoms with Crippen molar-refractivity contribution in [2.24, 2.45) is 0 Å². The van der Waals surface area contributed by atoms with Crippen molar-refractivity contribution in [3.05, 3.63) is 182 Å². The Morgan fingerprint density at radius 3 is 0.886 bits per heavy atom. The van der Waals surface area contributed by atoms with Gasteiger partial charge in [-0.2, -0.15) is 0 Å². The van der Waals surface area contributed by atoms with Gasteiger partial charge in [0.15, 0.2) is 0 Å². The highest BCUT2D eigenvalue weighted by Crippen LogP contribution is 2.15. The molecule has 0 fully saturated rings. The van der Waals surface area contributed by atoms with E-state index in [1.54, 1.807) is 6.08 Å².